The van der Waals surface area contributed by atoms with Crippen LogP contribution in [0.2, 0.25) is 0 Å². The summed E-state index contributed by atoms with van der Waals surface area (Å²) in [5.74, 6) is -7.18. The maximum Gasteiger partial charge on any atom is 0.304 e. The molecule has 0 saturated carbocycles. The zero-order chi connectivity index (χ0) is 28.3. The molecule has 1 aliphatic rings. The van der Waals surface area contributed by atoms with Gasteiger partial charge >= 0.3 is 5.91 Å². The summed E-state index contributed by atoms with van der Waals surface area (Å²) in [5.41, 5.74) is 0.797. The predicted octanol–water partition coefficient (Wildman–Crippen LogP) is 3.32. The Morgan fingerprint density at radius 2 is 1.59 bits per heavy atom. The minimum absolute atomic E-state index is 0.0287. The van der Waals surface area contributed by atoms with Gasteiger partial charge in [-0.3, -0.25) is 29.6 Å². The summed E-state index contributed by atoms with van der Waals surface area (Å²) in [6.45, 7) is -0.212. The van der Waals surface area contributed by atoms with Crippen LogP contribution >= 0.6 is 0 Å². The Morgan fingerprint density at radius 1 is 0.949 bits per heavy atom. The average molecular weight is 543 g/mol. The van der Waals surface area contributed by atoms with Gasteiger partial charge in [-0.05, 0) is 35.7 Å². The monoisotopic (exact) mass is 543 g/mol. The van der Waals surface area contributed by atoms with Gasteiger partial charge in [-0.1, -0.05) is 12.1 Å². The third-order valence-electron chi connectivity index (χ3n) is 5.98. The van der Waals surface area contributed by atoms with Crippen LogP contribution in [0.5, 0.6) is 0 Å². The third-order valence-corrected chi connectivity index (χ3v) is 5.98. The van der Waals surface area contributed by atoms with Crippen molar-refractivity contribution in [2.24, 2.45) is 0 Å². The molecule has 2 N–H and O–H groups in total. The molecule has 12 heteroatoms. The predicted molar refractivity (Wildman–Crippen MR) is 129 cm³/mol. The average Bonchev–Trinajstić information content (AvgIpc) is 3.28. The fraction of sp³-hybridized carbons (Fsp3) is 0.185. The summed E-state index contributed by atoms with van der Waals surface area (Å²) in [6.07, 6.45) is 2.22. The number of halogens is 4. The molecule has 4 rings (SSSR count). The Balaban J connectivity index is 1.70. The number of allylic oxidation sites excluding steroid dienone is 1. The number of benzene rings is 2. The standard InChI is InChI=1S/C27H21F4N3O5/c28-18-5-3-16(21(30)10-18)8-15-9-20(23(35)12-24(36)26(38)32-34-7-1-2-25(34)37)27(39)33(13-15)14-17-4-6-19(29)11-22(17)31/h3-6,9-13,36H,1-2,7-8,14H2,(H,32,38). The van der Waals surface area contributed by atoms with Gasteiger partial charge in [0.05, 0.1) is 12.1 Å². The molecule has 0 bridgehead atoms. The van der Waals surface area contributed by atoms with Crippen LogP contribution in [0.4, 0.5) is 17.6 Å². The van der Waals surface area contributed by atoms with E-state index in [-0.39, 0.29) is 42.0 Å². The number of nitrogens with zero attached hydrogens (tertiary/aromatic N) is 2. The number of aliphatic hydroxyl groups excluding tert-OH is 1. The molecular formula is C27H21F4N3O5. The maximum absolute atomic E-state index is 14.3. The number of ketones is 1. The number of nitrogens with one attached hydrogen (secondary N) is 1. The number of hydrogen-bond donors (Lipinski definition) is 2. The molecule has 0 unspecified atom stereocenters. The highest BCUT2D eigenvalue weighted by molar-refractivity contribution is 6.08. The van der Waals surface area contributed by atoms with Crippen LogP contribution < -0.4 is 11.0 Å². The molecule has 0 radical (unpaired) electrons. The number of rotatable bonds is 8. The zero-order valence-corrected chi connectivity index (χ0v) is 20.2. The lowest BCUT2D eigenvalue weighted by Gasteiger charge is -2.16. The van der Waals surface area contributed by atoms with E-state index in [1.54, 1.807) is 0 Å². The van der Waals surface area contributed by atoms with Crippen molar-refractivity contribution in [3.8, 4) is 0 Å². The molecule has 2 heterocycles. The molecule has 8 nitrogen and oxygen atoms in total. The Morgan fingerprint density at radius 3 is 2.18 bits per heavy atom. The molecule has 0 atom stereocenters. The quantitative estimate of drug-likeness (QED) is 0.196. The van der Waals surface area contributed by atoms with Gasteiger partial charge in [0.1, 0.15) is 23.3 Å². The fourth-order valence-corrected chi connectivity index (χ4v) is 4.02. The highest BCUT2D eigenvalue weighted by Crippen LogP contribution is 2.17. The van der Waals surface area contributed by atoms with Crippen molar-refractivity contribution in [1.29, 1.82) is 0 Å². The number of amides is 2. The molecule has 3 aromatic rings. The minimum atomic E-state index is -1.16. The van der Waals surface area contributed by atoms with Crippen molar-refractivity contribution in [2.75, 3.05) is 6.54 Å². The molecule has 1 aliphatic heterocycles. The van der Waals surface area contributed by atoms with Gasteiger partial charge in [0.2, 0.25) is 5.91 Å². The second-order valence-electron chi connectivity index (χ2n) is 8.83. The molecule has 1 saturated heterocycles. The van der Waals surface area contributed by atoms with Crippen molar-refractivity contribution in [3.05, 3.63) is 116 Å². The van der Waals surface area contributed by atoms with Crippen LogP contribution in [0, 0.1) is 23.3 Å². The molecule has 202 valence electrons. The SMILES string of the molecule is O=C(NN1CCCC1=O)C(O)=CC(=O)c1cc(Cc2ccc(F)cc2F)cn(Cc2ccc(F)cc2F)c1=O. The summed E-state index contributed by atoms with van der Waals surface area (Å²) < 4.78 is 56.2. The fourth-order valence-electron chi connectivity index (χ4n) is 4.02. The van der Waals surface area contributed by atoms with E-state index in [0.717, 1.165) is 33.8 Å². The first-order valence-corrected chi connectivity index (χ1v) is 11.7. The van der Waals surface area contributed by atoms with Gasteiger partial charge in [0.25, 0.3) is 5.56 Å². The smallest absolute Gasteiger partial charge is 0.304 e. The highest BCUT2D eigenvalue weighted by Gasteiger charge is 2.24. The third kappa shape index (κ3) is 6.40. The van der Waals surface area contributed by atoms with E-state index in [9.17, 15) is 41.8 Å². The summed E-state index contributed by atoms with van der Waals surface area (Å²) >= 11 is 0. The van der Waals surface area contributed by atoms with Crippen LogP contribution in [0.25, 0.3) is 0 Å². The molecule has 1 fully saturated rings. The van der Waals surface area contributed by atoms with E-state index >= 15 is 0 Å². The number of aromatic nitrogens is 1. The first kappa shape index (κ1) is 27.3. The van der Waals surface area contributed by atoms with Gasteiger partial charge in [0.15, 0.2) is 11.5 Å². The number of pyridine rings is 1. The van der Waals surface area contributed by atoms with Crippen molar-refractivity contribution in [1.82, 2.24) is 15.0 Å². The second kappa shape index (κ2) is 11.3. The number of hydrogen-bond acceptors (Lipinski definition) is 5. The zero-order valence-electron chi connectivity index (χ0n) is 20.2. The van der Waals surface area contributed by atoms with Crippen LogP contribution in [-0.4, -0.2) is 38.8 Å². The summed E-state index contributed by atoms with van der Waals surface area (Å²) in [5, 5.41) is 11.1. The molecule has 2 aromatic carbocycles. The lowest BCUT2D eigenvalue weighted by Crippen LogP contribution is -2.43. The summed E-state index contributed by atoms with van der Waals surface area (Å²) in [4.78, 5) is 50.0. The van der Waals surface area contributed by atoms with Crippen LogP contribution in [0.1, 0.15) is 39.9 Å². The van der Waals surface area contributed by atoms with Crippen molar-refractivity contribution < 1.29 is 37.1 Å². The van der Waals surface area contributed by atoms with Gasteiger partial charge in [-0.2, -0.15) is 0 Å². The van der Waals surface area contributed by atoms with E-state index in [0.29, 0.717) is 24.6 Å². The maximum atomic E-state index is 14.3. The molecular weight excluding hydrogens is 522 g/mol. The summed E-state index contributed by atoms with van der Waals surface area (Å²) in [6, 6.07) is 6.69. The molecule has 39 heavy (non-hydrogen) atoms. The van der Waals surface area contributed by atoms with Gasteiger partial charge in [-0.25, -0.2) is 17.6 Å². The van der Waals surface area contributed by atoms with Crippen LogP contribution in [0.3, 0.4) is 0 Å². The number of carbonyl (C=O) groups is 3. The molecule has 0 spiro atoms. The molecule has 0 aliphatic carbocycles. The van der Waals surface area contributed by atoms with E-state index in [1.807, 2.05) is 0 Å². The van der Waals surface area contributed by atoms with Crippen molar-refractivity contribution >= 4 is 17.6 Å². The van der Waals surface area contributed by atoms with Gasteiger partial charge in [0, 0.05) is 49.4 Å². The van der Waals surface area contributed by atoms with E-state index < -0.39 is 58.4 Å². The van der Waals surface area contributed by atoms with Gasteiger partial charge < -0.3 is 9.67 Å². The summed E-state index contributed by atoms with van der Waals surface area (Å²) in [7, 11) is 0. The largest absolute Gasteiger partial charge is 0.503 e. The lowest BCUT2D eigenvalue weighted by molar-refractivity contribution is -0.137. The normalized spacial score (nSPS) is 13.6. The Kier molecular flexibility index (Phi) is 7.93. The first-order chi connectivity index (χ1) is 18.5. The number of aliphatic hydroxyl groups is 1. The van der Waals surface area contributed by atoms with E-state index in [1.165, 1.54) is 12.3 Å². The van der Waals surface area contributed by atoms with Crippen LogP contribution in [0.15, 0.2) is 65.3 Å². The first-order valence-electron chi connectivity index (χ1n) is 11.7. The van der Waals surface area contributed by atoms with E-state index in [4.69, 9.17) is 0 Å². The molecule has 2 amide bonds. The Hall–Kier alpha value is -4.74. The van der Waals surface area contributed by atoms with Crippen LogP contribution in [-0.2, 0) is 22.6 Å². The molecule has 1 aromatic heterocycles. The number of carbonyl (C=O) groups excluding carboxylic acids is 3. The highest BCUT2D eigenvalue weighted by atomic mass is 19.1. The minimum Gasteiger partial charge on any atom is -0.503 e. The lowest BCUT2D eigenvalue weighted by atomic mass is 10.0. The Labute approximate surface area is 218 Å². The van der Waals surface area contributed by atoms with Gasteiger partial charge in [-0.15, -0.1) is 0 Å². The van der Waals surface area contributed by atoms with Crippen molar-refractivity contribution in [2.45, 2.75) is 25.8 Å². The Bertz CT molecular complexity index is 1570. The van der Waals surface area contributed by atoms with E-state index in [2.05, 4.69) is 5.43 Å². The number of hydrazine groups is 1. The second-order valence-corrected chi connectivity index (χ2v) is 8.83. The topological polar surface area (TPSA) is 109 Å². The van der Waals surface area contributed by atoms with Crippen molar-refractivity contribution in [3.63, 3.8) is 0 Å².